The highest BCUT2D eigenvalue weighted by Crippen LogP contribution is 2.28. The van der Waals surface area contributed by atoms with E-state index in [0.717, 1.165) is 19.8 Å². The van der Waals surface area contributed by atoms with Gasteiger partial charge in [-0.15, -0.1) is 21.5 Å². The van der Waals surface area contributed by atoms with E-state index in [9.17, 15) is 8.42 Å². The second kappa shape index (κ2) is 8.27. The fourth-order valence-corrected chi connectivity index (χ4v) is 6.56. The Morgan fingerprint density at radius 3 is 2.41 bits per heavy atom. The molecular weight excluding hydrogens is 476 g/mol. The summed E-state index contributed by atoms with van der Waals surface area (Å²) < 4.78 is 34.2. The standard InChI is InChI=1S/C19H21BrN4O3S2/c1-13-11-17(14(2)28-13)29(25,26)24-9-7-23(8-10-24)12-18-21-22-19(27-18)15-3-5-16(20)6-4-15/h3-6,11H,7-10,12H2,1-2H3. The van der Waals surface area contributed by atoms with Crippen LogP contribution in [0, 0.1) is 13.8 Å². The van der Waals surface area contributed by atoms with E-state index < -0.39 is 10.0 Å². The van der Waals surface area contributed by atoms with Crippen LogP contribution in [-0.2, 0) is 16.6 Å². The monoisotopic (exact) mass is 496 g/mol. The smallest absolute Gasteiger partial charge is 0.247 e. The van der Waals surface area contributed by atoms with Crippen LogP contribution in [0.3, 0.4) is 0 Å². The predicted octanol–water partition coefficient (Wildman–Crippen LogP) is 3.68. The molecule has 1 aliphatic rings. The van der Waals surface area contributed by atoms with E-state index in [1.807, 2.05) is 38.1 Å². The summed E-state index contributed by atoms with van der Waals surface area (Å²) in [6.45, 7) is 6.44. The Hall–Kier alpha value is -1.59. The summed E-state index contributed by atoms with van der Waals surface area (Å²) in [4.78, 5) is 4.43. The summed E-state index contributed by atoms with van der Waals surface area (Å²) in [6.07, 6.45) is 0. The van der Waals surface area contributed by atoms with Crippen molar-refractivity contribution in [3.63, 3.8) is 0 Å². The van der Waals surface area contributed by atoms with E-state index in [4.69, 9.17) is 4.42 Å². The van der Waals surface area contributed by atoms with Crippen molar-refractivity contribution in [2.24, 2.45) is 0 Å². The molecule has 4 rings (SSSR count). The van der Waals surface area contributed by atoms with Crippen LogP contribution in [0.2, 0.25) is 0 Å². The maximum Gasteiger partial charge on any atom is 0.247 e. The second-order valence-electron chi connectivity index (χ2n) is 6.97. The van der Waals surface area contributed by atoms with Crippen LogP contribution in [0.1, 0.15) is 15.6 Å². The molecule has 0 saturated carbocycles. The molecule has 0 unspecified atom stereocenters. The van der Waals surface area contributed by atoms with Crippen LogP contribution >= 0.6 is 27.3 Å². The number of piperazine rings is 1. The molecule has 0 bridgehead atoms. The number of hydrogen-bond donors (Lipinski definition) is 0. The van der Waals surface area contributed by atoms with Gasteiger partial charge in [0, 0.05) is 46.0 Å². The molecule has 1 fully saturated rings. The number of sulfonamides is 1. The Balaban J connectivity index is 1.38. The molecule has 0 radical (unpaired) electrons. The molecule has 154 valence electrons. The Morgan fingerprint density at radius 2 is 1.79 bits per heavy atom. The number of thiophene rings is 1. The Labute approximate surface area is 182 Å². The van der Waals surface area contributed by atoms with Crippen LogP contribution in [0.5, 0.6) is 0 Å². The first-order chi connectivity index (χ1) is 13.8. The van der Waals surface area contributed by atoms with Crippen LogP contribution in [0.4, 0.5) is 0 Å². The lowest BCUT2D eigenvalue weighted by Gasteiger charge is -2.33. The molecule has 0 atom stereocenters. The number of hydrogen-bond acceptors (Lipinski definition) is 7. The van der Waals surface area contributed by atoms with Gasteiger partial charge < -0.3 is 4.42 Å². The highest BCUT2D eigenvalue weighted by Gasteiger charge is 2.31. The minimum atomic E-state index is -3.44. The largest absolute Gasteiger partial charge is 0.419 e. The molecule has 0 amide bonds. The van der Waals surface area contributed by atoms with Gasteiger partial charge in [0.1, 0.15) is 0 Å². The lowest BCUT2D eigenvalue weighted by Crippen LogP contribution is -2.48. The molecule has 1 aliphatic heterocycles. The van der Waals surface area contributed by atoms with Gasteiger partial charge in [-0.2, -0.15) is 4.31 Å². The van der Waals surface area contributed by atoms with Gasteiger partial charge in [-0.1, -0.05) is 15.9 Å². The van der Waals surface area contributed by atoms with Gasteiger partial charge in [-0.05, 0) is 44.2 Å². The molecule has 2 aromatic heterocycles. The maximum atomic E-state index is 12.9. The van der Waals surface area contributed by atoms with Gasteiger partial charge in [0.2, 0.25) is 21.8 Å². The molecule has 29 heavy (non-hydrogen) atoms. The van der Waals surface area contributed by atoms with Gasteiger partial charge in [0.15, 0.2) is 0 Å². The molecule has 3 aromatic rings. The van der Waals surface area contributed by atoms with Crippen molar-refractivity contribution in [3.8, 4) is 11.5 Å². The first-order valence-corrected chi connectivity index (χ1v) is 12.3. The first kappa shape index (κ1) is 20.7. The van der Waals surface area contributed by atoms with Gasteiger partial charge >= 0.3 is 0 Å². The van der Waals surface area contributed by atoms with Gasteiger partial charge in [-0.25, -0.2) is 8.42 Å². The number of rotatable bonds is 5. The Morgan fingerprint density at radius 1 is 1.10 bits per heavy atom. The molecular formula is C19H21BrN4O3S2. The zero-order chi connectivity index (χ0) is 20.6. The van der Waals surface area contributed by atoms with E-state index in [1.165, 1.54) is 11.3 Å². The minimum Gasteiger partial charge on any atom is -0.419 e. The maximum absolute atomic E-state index is 12.9. The minimum absolute atomic E-state index is 0.435. The van der Waals surface area contributed by atoms with E-state index in [0.29, 0.717) is 49.4 Å². The van der Waals surface area contributed by atoms with E-state index in [-0.39, 0.29) is 0 Å². The molecule has 0 N–H and O–H groups in total. The van der Waals surface area contributed by atoms with Crippen molar-refractivity contribution in [2.75, 3.05) is 26.2 Å². The van der Waals surface area contributed by atoms with Crippen LogP contribution < -0.4 is 0 Å². The third-order valence-electron chi connectivity index (χ3n) is 4.86. The zero-order valence-corrected chi connectivity index (χ0v) is 19.3. The summed E-state index contributed by atoms with van der Waals surface area (Å²) in [7, 11) is -3.44. The van der Waals surface area contributed by atoms with Crippen LogP contribution in [-0.4, -0.2) is 54.0 Å². The highest BCUT2D eigenvalue weighted by molar-refractivity contribution is 9.10. The predicted molar refractivity (Wildman–Crippen MR) is 115 cm³/mol. The number of benzene rings is 1. The summed E-state index contributed by atoms with van der Waals surface area (Å²) in [5.41, 5.74) is 0.865. The average Bonchev–Trinajstić information content (AvgIpc) is 3.29. The SMILES string of the molecule is Cc1cc(S(=O)(=O)N2CCN(Cc3nnc(-c4ccc(Br)cc4)o3)CC2)c(C)s1. The molecule has 1 aromatic carbocycles. The first-order valence-electron chi connectivity index (χ1n) is 9.21. The van der Waals surface area contributed by atoms with Gasteiger partial charge in [0.25, 0.3) is 0 Å². The fourth-order valence-electron chi connectivity index (χ4n) is 3.35. The highest BCUT2D eigenvalue weighted by atomic mass is 79.9. The molecule has 1 saturated heterocycles. The summed E-state index contributed by atoms with van der Waals surface area (Å²) in [6, 6.07) is 9.45. The molecule has 10 heteroatoms. The molecule has 0 spiro atoms. The number of aryl methyl sites for hydroxylation is 2. The topological polar surface area (TPSA) is 79.5 Å². The number of halogens is 1. The quantitative estimate of drug-likeness (QED) is 0.535. The van der Waals surface area contributed by atoms with Gasteiger partial charge in [0.05, 0.1) is 11.4 Å². The molecule has 7 nitrogen and oxygen atoms in total. The van der Waals surface area contributed by atoms with Gasteiger partial charge in [-0.3, -0.25) is 4.90 Å². The van der Waals surface area contributed by atoms with Crippen molar-refractivity contribution in [3.05, 3.63) is 50.4 Å². The van der Waals surface area contributed by atoms with Crippen molar-refractivity contribution < 1.29 is 12.8 Å². The van der Waals surface area contributed by atoms with Crippen molar-refractivity contribution in [2.45, 2.75) is 25.3 Å². The lowest BCUT2D eigenvalue weighted by atomic mass is 10.2. The van der Waals surface area contributed by atoms with E-state index in [1.54, 1.807) is 10.4 Å². The van der Waals surface area contributed by atoms with E-state index in [2.05, 4.69) is 31.0 Å². The number of aromatic nitrogens is 2. The summed E-state index contributed by atoms with van der Waals surface area (Å²) in [5, 5.41) is 8.26. The van der Waals surface area contributed by atoms with Crippen molar-refractivity contribution in [1.82, 2.24) is 19.4 Å². The van der Waals surface area contributed by atoms with Crippen molar-refractivity contribution >= 4 is 37.3 Å². The second-order valence-corrected chi connectivity index (χ2v) is 11.2. The normalized spacial score (nSPS) is 16.4. The summed E-state index contributed by atoms with van der Waals surface area (Å²) >= 11 is 4.93. The third-order valence-corrected chi connectivity index (χ3v) is 8.51. The van der Waals surface area contributed by atoms with E-state index >= 15 is 0 Å². The zero-order valence-electron chi connectivity index (χ0n) is 16.1. The Bertz CT molecular complexity index is 1100. The average molecular weight is 497 g/mol. The van der Waals surface area contributed by atoms with Crippen LogP contribution in [0.15, 0.2) is 44.1 Å². The Kier molecular flexibility index (Phi) is 5.90. The lowest BCUT2D eigenvalue weighted by molar-refractivity contribution is 0.168. The van der Waals surface area contributed by atoms with Crippen molar-refractivity contribution in [1.29, 1.82) is 0 Å². The number of nitrogens with zero attached hydrogens (tertiary/aromatic N) is 4. The molecule has 0 aliphatic carbocycles. The summed E-state index contributed by atoms with van der Waals surface area (Å²) in [5.74, 6) is 1.01. The molecule has 3 heterocycles. The van der Waals surface area contributed by atoms with Crippen LogP contribution in [0.25, 0.3) is 11.5 Å². The third kappa shape index (κ3) is 4.46. The fraction of sp³-hybridized carbons (Fsp3) is 0.368.